The first kappa shape index (κ1) is 13.1. The average molecular weight is 260 g/mol. The van der Waals surface area contributed by atoms with Gasteiger partial charge in [0.2, 0.25) is 0 Å². The first-order valence-corrected chi connectivity index (χ1v) is 5.76. The number of benzene rings is 2. The number of aryl methyl sites for hydroxylation is 2. The first-order chi connectivity index (χ1) is 8.99. The van der Waals surface area contributed by atoms with Crippen LogP contribution in [0.15, 0.2) is 36.4 Å². The normalized spacial score (nSPS) is 10.3. The monoisotopic (exact) mass is 260 g/mol. The molecule has 2 rings (SSSR count). The van der Waals surface area contributed by atoms with Crippen molar-refractivity contribution in [2.24, 2.45) is 0 Å². The zero-order chi connectivity index (χ0) is 14.0. The molecule has 98 valence electrons. The summed E-state index contributed by atoms with van der Waals surface area (Å²) in [6, 6.07) is 9.19. The molecule has 0 aromatic heterocycles. The lowest BCUT2D eigenvalue weighted by Gasteiger charge is -2.12. The lowest BCUT2D eigenvalue weighted by atomic mass is 10.1. The molecule has 0 aliphatic rings. The van der Waals surface area contributed by atoms with Crippen LogP contribution >= 0.6 is 0 Å². The highest BCUT2D eigenvalue weighted by Gasteiger charge is 2.14. The van der Waals surface area contributed by atoms with Crippen LogP contribution in [-0.4, -0.2) is 11.1 Å². The fraction of sp³-hybridized carbons (Fsp3) is 0.133. The van der Waals surface area contributed by atoms with E-state index in [-0.39, 0.29) is 17.1 Å². The summed E-state index contributed by atoms with van der Waals surface area (Å²) in [5, 5.41) is 9.13. The second-order valence-electron chi connectivity index (χ2n) is 4.27. The summed E-state index contributed by atoms with van der Waals surface area (Å²) in [6.07, 6.45) is 0. The number of carbonyl (C=O) groups is 1. The lowest BCUT2D eigenvalue weighted by Crippen LogP contribution is -2.01. The molecule has 19 heavy (non-hydrogen) atoms. The van der Waals surface area contributed by atoms with Crippen molar-refractivity contribution < 1.29 is 19.0 Å². The molecule has 0 fully saturated rings. The van der Waals surface area contributed by atoms with Gasteiger partial charge in [-0.3, -0.25) is 0 Å². The Labute approximate surface area is 110 Å². The summed E-state index contributed by atoms with van der Waals surface area (Å²) in [4.78, 5) is 11.1. The lowest BCUT2D eigenvalue weighted by molar-refractivity contribution is 0.0694. The average Bonchev–Trinajstić information content (AvgIpc) is 2.36. The smallest absolute Gasteiger partial charge is 0.339 e. The largest absolute Gasteiger partial charge is 0.478 e. The van der Waals surface area contributed by atoms with Gasteiger partial charge in [0.05, 0.1) is 0 Å². The third kappa shape index (κ3) is 2.73. The van der Waals surface area contributed by atoms with Crippen LogP contribution in [0, 0.1) is 19.7 Å². The second-order valence-corrected chi connectivity index (χ2v) is 4.27. The van der Waals surface area contributed by atoms with E-state index in [1.165, 1.54) is 24.3 Å². The van der Waals surface area contributed by atoms with E-state index in [2.05, 4.69) is 0 Å². The molecule has 3 nitrogen and oxygen atoms in total. The van der Waals surface area contributed by atoms with Gasteiger partial charge in [0.1, 0.15) is 22.9 Å². The van der Waals surface area contributed by atoms with Crippen molar-refractivity contribution in [3.63, 3.8) is 0 Å². The summed E-state index contributed by atoms with van der Waals surface area (Å²) in [6.45, 7) is 3.39. The minimum Gasteiger partial charge on any atom is -0.478 e. The number of hydrogen-bond donors (Lipinski definition) is 1. The summed E-state index contributed by atoms with van der Waals surface area (Å²) in [5.41, 5.74) is 1.24. The van der Waals surface area contributed by atoms with Crippen molar-refractivity contribution in [1.29, 1.82) is 0 Å². The van der Waals surface area contributed by atoms with E-state index >= 15 is 0 Å². The number of aromatic carboxylic acids is 1. The predicted octanol–water partition coefficient (Wildman–Crippen LogP) is 3.93. The Kier molecular flexibility index (Phi) is 3.51. The maximum absolute atomic E-state index is 13.2. The summed E-state index contributed by atoms with van der Waals surface area (Å²) >= 11 is 0. The van der Waals surface area contributed by atoms with E-state index < -0.39 is 5.97 Å². The van der Waals surface area contributed by atoms with Gasteiger partial charge in [-0.25, -0.2) is 9.18 Å². The molecule has 0 radical (unpaired) electrons. The van der Waals surface area contributed by atoms with Crippen molar-refractivity contribution in [2.75, 3.05) is 0 Å². The van der Waals surface area contributed by atoms with Crippen LogP contribution in [0.3, 0.4) is 0 Å². The highest BCUT2D eigenvalue weighted by atomic mass is 19.1. The Balaban J connectivity index is 2.42. The quantitative estimate of drug-likeness (QED) is 0.909. The molecule has 4 heteroatoms. The highest BCUT2D eigenvalue weighted by molar-refractivity contribution is 5.91. The fourth-order valence-electron chi connectivity index (χ4n) is 1.75. The van der Waals surface area contributed by atoms with Gasteiger partial charge in [0.25, 0.3) is 0 Å². The fourth-order valence-corrected chi connectivity index (χ4v) is 1.75. The Bertz CT molecular complexity index is 635. The number of halogens is 1. The van der Waals surface area contributed by atoms with Crippen molar-refractivity contribution in [2.45, 2.75) is 13.8 Å². The summed E-state index contributed by atoms with van der Waals surface area (Å²) in [7, 11) is 0. The Morgan fingerprint density at radius 2 is 1.89 bits per heavy atom. The number of hydrogen-bond acceptors (Lipinski definition) is 2. The van der Waals surface area contributed by atoms with E-state index in [4.69, 9.17) is 9.84 Å². The predicted molar refractivity (Wildman–Crippen MR) is 69.3 cm³/mol. The highest BCUT2D eigenvalue weighted by Crippen LogP contribution is 2.29. The van der Waals surface area contributed by atoms with Gasteiger partial charge in [0.15, 0.2) is 0 Å². The molecule has 0 unspecified atom stereocenters. The molecule has 1 N–H and O–H groups in total. The van der Waals surface area contributed by atoms with Crippen LogP contribution in [-0.2, 0) is 0 Å². The topological polar surface area (TPSA) is 46.5 Å². The van der Waals surface area contributed by atoms with Gasteiger partial charge < -0.3 is 9.84 Å². The van der Waals surface area contributed by atoms with E-state index in [1.54, 1.807) is 26.0 Å². The minimum atomic E-state index is -1.06. The van der Waals surface area contributed by atoms with Crippen LogP contribution in [0.5, 0.6) is 11.5 Å². The zero-order valence-electron chi connectivity index (χ0n) is 10.6. The minimum absolute atomic E-state index is 0.0852. The summed E-state index contributed by atoms with van der Waals surface area (Å²) in [5.74, 6) is -0.690. The first-order valence-electron chi connectivity index (χ1n) is 5.76. The number of rotatable bonds is 3. The SMILES string of the molecule is Cc1cc(Oc2c(C)cccc2C(=O)O)ccc1F. The number of carboxylic acids is 1. The van der Waals surface area contributed by atoms with Crippen LogP contribution in [0.1, 0.15) is 21.5 Å². The summed E-state index contributed by atoms with van der Waals surface area (Å²) < 4.78 is 18.8. The number of carboxylic acid groups (broad SMARTS) is 1. The van der Waals surface area contributed by atoms with Crippen molar-refractivity contribution in [3.8, 4) is 11.5 Å². The maximum atomic E-state index is 13.2. The molecule has 2 aromatic carbocycles. The van der Waals surface area contributed by atoms with Crippen LogP contribution < -0.4 is 4.74 Å². The molecule has 0 atom stereocenters. The van der Waals surface area contributed by atoms with E-state index in [1.807, 2.05) is 0 Å². The molecule has 0 bridgehead atoms. The zero-order valence-corrected chi connectivity index (χ0v) is 10.6. The molecule has 0 saturated heterocycles. The standard InChI is InChI=1S/C15H13FO3/c1-9-4-3-5-12(15(17)18)14(9)19-11-6-7-13(16)10(2)8-11/h3-8H,1-2H3,(H,17,18). The van der Waals surface area contributed by atoms with Crippen LogP contribution in [0.4, 0.5) is 4.39 Å². The third-order valence-corrected chi connectivity index (χ3v) is 2.79. The van der Waals surface area contributed by atoms with Gasteiger partial charge >= 0.3 is 5.97 Å². The Hall–Kier alpha value is -2.36. The number of ether oxygens (including phenoxy) is 1. The number of para-hydroxylation sites is 1. The molecule has 0 aliphatic carbocycles. The molecular formula is C15H13FO3. The van der Waals surface area contributed by atoms with Crippen molar-refractivity contribution in [3.05, 3.63) is 58.9 Å². The Morgan fingerprint density at radius 3 is 2.53 bits per heavy atom. The molecule has 0 saturated carbocycles. The van der Waals surface area contributed by atoms with Gasteiger partial charge in [0, 0.05) is 0 Å². The van der Waals surface area contributed by atoms with Gasteiger partial charge in [-0.1, -0.05) is 12.1 Å². The van der Waals surface area contributed by atoms with Crippen molar-refractivity contribution in [1.82, 2.24) is 0 Å². The molecule has 0 aliphatic heterocycles. The van der Waals surface area contributed by atoms with Crippen LogP contribution in [0.2, 0.25) is 0 Å². The molecule has 2 aromatic rings. The van der Waals surface area contributed by atoms with Crippen molar-refractivity contribution >= 4 is 5.97 Å². The van der Waals surface area contributed by atoms with Gasteiger partial charge in [-0.05, 0) is 49.2 Å². The van der Waals surface area contributed by atoms with E-state index in [9.17, 15) is 9.18 Å². The van der Waals surface area contributed by atoms with E-state index in [0.29, 0.717) is 16.9 Å². The second kappa shape index (κ2) is 5.10. The van der Waals surface area contributed by atoms with E-state index in [0.717, 1.165) is 0 Å². The third-order valence-electron chi connectivity index (χ3n) is 2.79. The molecular weight excluding hydrogens is 247 g/mol. The molecule has 0 spiro atoms. The molecule has 0 amide bonds. The molecule has 0 heterocycles. The van der Waals surface area contributed by atoms with Crippen LogP contribution in [0.25, 0.3) is 0 Å². The van der Waals surface area contributed by atoms with Gasteiger partial charge in [-0.15, -0.1) is 0 Å². The Morgan fingerprint density at radius 1 is 1.16 bits per heavy atom. The van der Waals surface area contributed by atoms with Gasteiger partial charge in [-0.2, -0.15) is 0 Å². The maximum Gasteiger partial charge on any atom is 0.339 e.